The number of halogens is 3. The van der Waals surface area contributed by atoms with Crippen LogP contribution in [0.15, 0.2) is 33.9 Å². The highest BCUT2D eigenvalue weighted by Gasteiger charge is 2.31. The van der Waals surface area contributed by atoms with Crippen molar-refractivity contribution in [2.75, 3.05) is 30.3 Å². The highest BCUT2D eigenvalue weighted by molar-refractivity contribution is 5.96. The van der Waals surface area contributed by atoms with Gasteiger partial charge in [0.1, 0.15) is 23.5 Å². The predicted molar refractivity (Wildman–Crippen MR) is 146 cm³/mol. The standard InChI is InChI=1S/C28H27F3N6O5/c1-14(2)37-23-10-20(31)21(8-17(23)26(39)36(28(37)41)12-15-3-4-15)34-27(40)35-5-6-42-24(13-35)25(38)33-22-9-18(29)16(11-32)7-19(22)30/h7-10,14-15,24H,3-6,12-13H2,1-2H3,(H,33,38)(H,34,40). The molecule has 2 aliphatic rings. The molecule has 220 valence electrons. The minimum absolute atomic E-state index is 0.0335. The number of hydrogen-bond acceptors (Lipinski definition) is 6. The molecule has 0 bridgehead atoms. The topological polar surface area (TPSA) is 138 Å². The Morgan fingerprint density at radius 1 is 1.05 bits per heavy atom. The lowest BCUT2D eigenvalue weighted by atomic mass is 10.1. The number of rotatable bonds is 6. The van der Waals surface area contributed by atoms with Crippen molar-refractivity contribution in [3.05, 3.63) is 68.1 Å². The van der Waals surface area contributed by atoms with E-state index in [0.717, 1.165) is 23.5 Å². The predicted octanol–water partition coefficient (Wildman–Crippen LogP) is 3.31. The van der Waals surface area contributed by atoms with Crippen molar-refractivity contribution in [2.24, 2.45) is 5.92 Å². The highest BCUT2D eigenvalue weighted by atomic mass is 19.1. The molecule has 2 aromatic carbocycles. The van der Waals surface area contributed by atoms with Crippen LogP contribution < -0.4 is 21.9 Å². The normalized spacial score (nSPS) is 16.9. The number of carbonyl (C=O) groups excluding carboxylic acids is 2. The Hall–Kier alpha value is -4.64. The zero-order valence-corrected chi connectivity index (χ0v) is 22.7. The van der Waals surface area contributed by atoms with Crippen molar-refractivity contribution in [3.8, 4) is 6.07 Å². The van der Waals surface area contributed by atoms with Crippen molar-refractivity contribution in [1.29, 1.82) is 5.26 Å². The van der Waals surface area contributed by atoms with E-state index in [1.165, 1.54) is 21.6 Å². The lowest BCUT2D eigenvalue weighted by molar-refractivity contribution is -0.131. The minimum Gasteiger partial charge on any atom is -0.365 e. The smallest absolute Gasteiger partial charge is 0.331 e. The number of aromatic nitrogens is 2. The third-order valence-corrected chi connectivity index (χ3v) is 7.23. The molecule has 1 aromatic heterocycles. The third kappa shape index (κ3) is 5.60. The van der Waals surface area contributed by atoms with Crippen LogP contribution in [0.4, 0.5) is 29.3 Å². The van der Waals surface area contributed by atoms with Gasteiger partial charge in [0.05, 0.1) is 41.0 Å². The Kier molecular flexibility index (Phi) is 7.79. The molecule has 0 radical (unpaired) electrons. The second-order valence-corrected chi connectivity index (χ2v) is 10.6. The summed E-state index contributed by atoms with van der Waals surface area (Å²) in [6.45, 7) is 3.41. The molecule has 3 aromatic rings. The summed E-state index contributed by atoms with van der Waals surface area (Å²) in [7, 11) is 0. The molecule has 2 N–H and O–H groups in total. The number of urea groups is 1. The van der Waals surface area contributed by atoms with Gasteiger partial charge >= 0.3 is 11.7 Å². The summed E-state index contributed by atoms with van der Waals surface area (Å²) in [6.07, 6.45) is 0.557. The lowest BCUT2D eigenvalue weighted by Gasteiger charge is -2.32. The zero-order chi connectivity index (χ0) is 30.3. The molecule has 1 unspecified atom stereocenters. The number of nitrogens with one attached hydrogen (secondary N) is 2. The summed E-state index contributed by atoms with van der Waals surface area (Å²) < 4.78 is 51.2. The van der Waals surface area contributed by atoms with Crippen LogP contribution in [0.2, 0.25) is 0 Å². The van der Waals surface area contributed by atoms with E-state index in [2.05, 4.69) is 10.6 Å². The Labute approximate surface area is 237 Å². The van der Waals surface area contributed by atoms with Crippen LogP contribution in [0.25, 0.3) is 10.9 Å². The van der Waals surface area contributed by atoms with Gasteiger partial charge in [-0.05, 0) is 44.7 Å². The molecular weight excluding hydrogens is 557 g/mol. The number of nitriles is 1. The maximum Gasteiger partial charge on any atom is 0.331 e. The fraction of sp³-hybridized carbons (Fsp3) is 0.393. The van der Waals surface area contributed by atoms with Gasteiger partial charge in [0.15, 0.2) is 6.10 Å². The Morgan fingerprint density at radius 2 is 1.74 bits per heavy atom. The lowest BCUT2D eigenvalue weighted by Crippen LogP contribution is -2.51. The molecular formula is C28H27F3N6O5. The Balaban J connectivity index is 1.36. The number of morpholine rings is 1. The van der Waals surface area contributed by atoms with E-state index in [4.69, 9.17) is 10.00 Å². The number of hydrogen-bond donors (Lipinski definition) is 2. The summed E-state index contributed by atoms with van der Waals surface area (Å²) in [5.74, 6) is -3.56. The summed E-state index contributed by atoms with van der Waals surface area (Å²) in [6, 6.07) is 3.88. The van der Waals surface area contributed by atoms with Crippen molar-refractivity contribution in [2.45, 2.75) is 45.4 Å². The van der Waals surface area contributed by atoms with Crippen LogP contribution in [0.1, 0.15) is 38.3 Å². The first-order chi connectivity index (χ1) is 20.0. The number of amides is 3. The fourth-order valence-corrected chi connectivity index (χ4v) is 4.84. The molecule has 5 rings (SSSR count). The van der Waals surface area contributed by atoms with Crippen LogP contribution in [0.3, 0.4) is 0 Å². The van der Waals surface area contributed by atoms with E-state index in [-0.39, 0.29) is 54.8 Å². The first kappa shape index (κ1) is 28.9. The van der Waals surface area contributed by atoms with Crippen LogP contribution >= 0.6 is 0 Å². The van der Waals surface area contributed by atoms with Gasteiger partial charge in [0.2, 0.25) is 0 Å². The maximum atomic E-state index is 15.2. The number of anilines is 2. The van der Waals surface area contributed by atoms with Gasteiger partial charge in [-0.1, -0.05) is 0 Å². The van der Waals surface area contributed by atoms with Crippen molar-refractivity contribution in [3.63, 3.8) is 0 Å². The van der Waals surface area contributed by atoms with E-state index in [9.17, 15) is 28.0 Å². The zero-order valence-electron chi connectivity index (χ0n) is 22.7. The van der Waals surface area contributed by atoms with Gasteiger partial charge in [0, 0.05) is 31.3 Å². The van der Waals surface area contributed by atoms with E-state index in [1.54, 1.807) is 13.8 Å². The Morgan fingerprint density at radius 3 is 2.40 bits per heavy atom. The van der Waals surface area contributed by atoms with E-state index in [1.807, 2.05) is 0 Å². The van der Waals surface area contributed by atoms with Gasteiger partial charge in [-0.3, -0.25) is 18.7 Å². The van der Waals surface area contributed by atoms with Gasteiger partial charge in [-0.25, -0.2) is 22.8 Å². The molecule has 3 amide bonds. The van der Waals surface area contributed by atoms with Crippen LogP contribution in [0, 0.1) is 34.7 Å². The van der Waals surface area contributed by atoms with Crippen molar-refractivity contribution >= 4 is 34.2 Å². The number of carbonyl (C=O) groups is 2. The molecule has 1 aliphatic heterocycles. The molecule has 1 saturated heterocycles. The van der Waals surface area contributed by atoms with Crippen LogP contribution in [-0.2, 0) is 16.1 Å². The Bertz CT molecular complexity index is 1760. The highest BCUT2D eigenvalue weighted by Crippen LogP contribution is 2.30. The van der Waals surface area contributed by atoms with Crippen molar-refractivity contribution < 1.29 is 27.5 Å². The molecule has 11 nitrogen and oxygen atoms in total. The number of nitrogens with zero attached hydrogens (tertiary/aromatic N) is 4. The largest absolute Gasteiger partial charge is 0.365 e. The molecule has 42 heavy (non-hydrogen) atoms. The van der Waals surface area contributed by atoms with E-state index in [0.29, 0.717) is 12.1 Å². The summed E-state index contributed by atoms with van der Waals surface area (Å²) >= 11 is 0. The molecule has 14 heteroatoms. The average Bonchev–Trinajstić information content (AvgIpc) is 3.78. The first-order valence-corrected chi connectivity index (χ1v) is 13.3. The summed E-state index contributed by atoms with van der Waals surface area (Å²) in [4.78, 5) is 53.3. The first-order valence-electron chi connectivity index (χ1n) is 13.3. The van der Waals surface area contributed by atoms with Gasteiger partial charge in [-0.15, -0.1) is 0 Å². The van der Waals surface area contributed by atoms with Crippen LogP contribution in [-0.4, -0.2) is 51.8 Å². The third-order valence-electron chi connectivity index (χ3n) is 7.23. The number of ether oxygens (including phenoxy) is 1. The number of benzene rings is 2. The fourth-order valence-electron chi connectivity index (χ4n) is 4.84. The summed E-state index contributed by atoms with van der Waals surface area (Å²) in [5.41, 5.74) is -2.32. The van der Waals surface area contributed by atoms with Crippen LogP contribution in [0.5, 0.6) is 0 Å². The molecule has 2 heterocycles. The SMILES string of the molecule is CC(C)n1c(=O)n(CC2CC2)c(=O)c2cc(NC(=O)N3CCOC(C(=O)Nc4cc(F)c(C#N)cc4F)C3)c(F)cc21. The quantitative estimate of drug-likeness (QED) is 0.456. The van der Waals surface area contributed by atoms with Gasteiger partial charge < -0.3 is 20.3 Å². The number of fused-ring (bicyclic) bond motifs is 1. The molecule has 0 spiro atoms. The minimum atomic E-state index is -1.26. The average molecular weight is 585 g/mol. The monoisotopic (exact) mass is 584 g/mol. The second-order valence-electron chi connectivity index (χ2n) is 10.6. The molecule has 1 saturated carbocycles. The molecule has 1 atom stereocenters. The second kappa shape index (κ2) is 11.3. The van der Waals surface area contributed by atoms with E-state index < -0.39 is 58.0 Å². The van der Waals surface area contributed by atoms with Gasteiger partial charge in [0.25, 0.3) is 11.5 Å². The summed E-state index contributed by atoms with van der Waals surface area (Å²) in [5, 5.41) is 13.5. The van der Waals surface area contributed by atoms with Gasteiger partial charge in [-0.2, -0.15) is 5.26 Å². The van der Waals surface area contributed by atoms with E-state index >= 15 is 4.39 Å². The maximum absolute atomic E-state index is 15.2. The molecule has 2 fully saturated rings. The molecule has 1 aliphatic carbocycles. The van der Waals surface area contributed by atoms with Crippen molar-refractivity contribution in [1.82, 2.24) is 14.0 Å².